The van der Waals surface area contributed by atoms with Crippen LogP contribution in [0.4, 0.5) is 18.9 Å². The Balaban J connectivity index is 2.29. The quantitative estimate of drug-likeness (QED) is 0.481. The first-order valence-corrected chi connectivity index (χ1v) is 7.36. The molecule has 0 N–H and O–H groups in total. The largest absolute Gasteiger partial charge is 0.416 e. The summed E-state index contributed by atoms with van der Waals surface area (Å²) in [5, 5.41) is 10.5. The second kappa shape index (κ2) is 5.88. The Bertz CT molecular complexity index is 831. The van der Waals surface area contributed by atoms with Crippen LogP contribution in [0.25, 0.3) is 0 Å². The molecule has 0 unspecified atom stereocenters. The summed E-state index contributed by atoms with van der Waals surface area (Å²) in [4.78, 5) is 9.37. The van der Waals surface area contributed by atoms with Crippen molar-refractivity contribution in [1.82, 2.24) is 0 Å². The summed E-state index contributed by atoms with van der Waals surface area (Å²) in [5.74, 6) is -0.516. The van der Waals surface area contributed by atoms with Crippen molar-refractivity contribution in [1.29, 1.82) is 0 Å². The van der Waals surface area contributed by atoms with Gasteiger partial charge in [0.1, 0.15) is 10.6 Å². The first kappa shape index (κ1) is 16.7. The molecule has 0 saturated heterocycles. The van der Waals surface area contributed by atoms with Crippen LogP contribution in [0.2, 0.25) is 0 Å². The van der Waals surface area contributed by atoms with Crippen molar-refractivity contribution < 1.29 is 30.7 Å². The molecular weight excluding hydrogens is 339 g/mol. The van der Waals surface area contributed by atoms with Crippen LogP contribution in [0.1, 0.15) is 5.56 Å². The van der Waals surface area contributed by atoms with Crippen LogP contribution >= 0.6 is 0 Å². The van der Waals surface area contributed by atoms with Gasteiger partial charge in [-0.1, -0.05) is 6.07 Å². The fourth-order valence-corrected chi connectivity index (χ4v) is 2.56. The molecule has 122 valence electrons. The highest BCUT2D eigenvalue weighted by Crippen LogP contribution is 2.32. The van der Waals surface area contributed by atoms with Crippen molar-refractivity contribution >= 4 is 15.8 Å². The molecule has 2 aromatic carbocycles. The van der Waals surface area contributed by atoms with E-state index in [-0.39, 0.29) is 5.69 Å². The van der Waals surface area contributed by atoms with Gasteiger partial charge in [0.2, 0.25) is 0 Å². The van der Waals surface area contributed by atoms with Crippen LogP contribution in [0, 0.1) is 10.1 Å². The van der Waals surface area contributed by atoms with Crippen LogP contribution in [0.5, 0.6) is 5.75 Å². The normalized spacial score (nSPS) is 12.0. The van der Waals surface area contributed by atoms with Crippen molar-refractivity contribution in [3.05, 3.63) is 64.2 Å². The van der Waals surface area contributed by atoms with E-state index >= 15 is 0 Å². The van der Waals surface area contributed by atoms with Crippen molar-refractivity contribution in [2.45, 2.75) is 11.1 Å². The number of benzene rings is 2. The molecule has 0 spiro atoms. The molecule has 0 radical (unpaired) electrons. The Labute approximate surface area is 128 Å². The van der Waals surface area contributed by atoms with Crippen molar-refractivity contribution in [3.8, 4) is 5.75 Å². The number of alkyl halides is 3. The summed E-state index contributed by atoms with van der Waals surface area (Å²) < 4.78 is 66.3. The fourth-order valence-electron chi connectivity index (χ4n) is 1.63. The van der Waals surface area contributed by atoms with E-state index in [9.17, 15) is 31.7 Å². The van der Waals surface area contributed by atoms with E-state index in [1.807, 2.05) is 0 Å². The van der Waals surface area contributed by atoms with E-state index in [2.05, 4.69) is 4.18 Å². The van der Waals surface area contributed by atoms with Gasteiger partial charge in [0, 0.05) is 12.1 Å². The molecule has 0 aliphatic heterocycles. The Morgan fingerprint density at radius 1 is 1.04 bits per heavy atom. The summed E-state index contributed by atoms with van der Waals surface area (Å²) in [7, 11) is -4.41. The lowest BCUT2D eigenvalue weighted by atomic mass is 10.2. The van der Waals surface area contributed by atoms with Gasteiger partial charge in [0.15, 0.2) is 0 Å². The number of rotatable bonds is 4. The van der Waals surface area contributed by atoms with Crippen LogP contribution in [-0.4, -0.2) is 13.3 Å². The van der Waals surface area contributed by atoms with Crippen LogP contribution < -0.4 is 4.18 Å². The Hall–Kier alpha value is -2.62. The maximum atomic E-state index is 12.6. The second-order valence-corrected chi connectivity index (χ2v) is 5.86. The molecule has 2 rings (SSSR count). The lowest BCUT2D eigenvalue weighted by Crippen LogP contribution is -2.11. The SMILES string of the molecule is O=[N+]([O-])c1ccc(S(=O)(=O)Oc2cccc(C(F)(F)F)c2)cc1. The standard InChI is InChI=1S/C13H8F3NO5S/c14-13(15,16)9-2-1-3-11(8-9)22-23(20,21)12-6-4-10(5-7-12)17(18)19/h1-8H. The number of hydrogen-bond acceptors (Lipinski definition) is 5. The number of nitro groups is 1. The Morgan fingerprint density at radius 2 is 1.65 bits per heavy atom. The second-order valence-electron chi connectivity index (χ2n) is 4.31. The molecule has 0 aliphatic carbocycles. The van der Waals surface area contributed by atoms with E-state index in [4.69, 9.17) is 0 Å². The summed E-state index contributed by atoms with van der Waals surface area (Å²) in [6, 6.07) is 7.13. The maximum Gasteiger partial charge on any atom is 0.416 e. The van der Waals surface area contributed by atoms with Gasteiger partial charge in [-0.2, -0.15) is 21.6 Å². The lowest BCUT2D eigenvalue weighted by molar-refractivity contribution is -0.384. The predicted octanol–water partition coefficient (Wildman–Crippen LogP) is 3.38. The highest BCUT2D eigenvalue weighted by Gasteiger charge is 2.31. The Morgan fingerprint density at radius 3 is 2.17 bits per heavy atom. The first-order valence-electron chi connectivity index (χ1n) is 5.96. The summed E-state index contributed by atoms with van der Waals surface area (Å²) >= 11 is 0. The average Bonchev–Trinajstić information content (AvgIpc) is 2.46. The van der Waals surface area contributed by atoms with E-state index in [1.165, 1.54) is 0 Å². The molecule has 0 bridgehead atoms. The number of nitro benzene ring substituents is 1. The summed E-state index contributed by atoms with van der Waals surface area (Å²) in [5.41, 5.74) is -1.39. The first-order chi connectivity index (χ1) is 10.6. The number of hydrogen-bond donors (Lipinski definition) is 0. The van der Waals surface area contributed by atoms with Gasteiger partial charge < -0.3 is 4.18 Å². The predicted molar refractivity (Wildman–Crippen MR) is 72.4 cm³/mol. The molecule has 10 heteroatoms. The van der Waals surface area contributed by atoms with Crippen molar-refractivity contribution in [2.24, 2.45) is 0 Å². The Kier molecular flexibility index (Phi) is 4.28. The van der Waals surface area contributed by atoms with Gasteiger partial charge in [-0.3, -0.25) is 10.1 Å². The van der Waals surface area contributed by atoms with E-state index in [0.29, 0.717) is 6.07 Å². The van der Waals surface area contributed by atoms with Crippen LogP contribution in [-0.2, 0) is 16.3 Å². The minimum atomic E-state index is -4.64. The smallest absolute Gasteiger partial charge is 0.379 e. The van der Waals surface area contributed by atoms with Gasteiger partial charge in [0.25, 0.3) is 5.69 Å². The fraction of sp³-hybridized carbons (Fsp3) is 0.0769. The zero-order chi connectivity index (χ0) is 17.3. The number of halogens is 3. The molecule has 23 heavy (non-hydrogen) atoms. The van der Waals surface area contributed by atoms with E-state index in [1.54, 1.807) is 0 Å². The molecule has 6 nitrogen and oxygen atoms in total. The minimum Gasteiger partial charge on any atom is -0.379 e. The highest BCUT2D eigenvalue weighted by atomic mass is 32.2. The van der Waals surface area contributed by atoms with Crippen LogP contribution in [0.3, 0.4) is 0 Å². The summed E-state index contributed by atoms with van der Waals surface area (Å²) in [6.07, 6.45) is -4.64. The van der Waals surface area contributed by atoms with Gasteiger partial charge in [-0.15, -0.1) is 0 Å². The lowest BCUT2D eigenvalue weighted by Gasteiger charge is -2.10. The van der Waals surface area contributed by atoms with Gasteiger partial charge >= 0.3 is 16.3 Å². The third-order valence-electron chi connectivity index (χ3n) is 2.70. The molecular formula is C13H8F3NO5S. The molecule has 0 atom stereocenters. The average molecular weight is 347 g/mol. The van der Waals surface area contributed by atoms with Gasteiger partial charge in [0.05, 0.1) is 10.5 Å². The molecule has 0 amide bonds. The van der Waals surface area contributed by atoms with Crippen molar-refractivity contribution in [3.63, 3.8) is 0 Å². The molecule has 0 saturated carbocycles. The van der Waals surface area contributed by atoms with Gasteiger partial charge in [-0.05, 0) is 30.3 Å². The van der Waals surface area contributed by atoms with Gasteiger partial charge in [-0.25, -0.2) is 0 Å². The number of nitrogens with zero attached hydrogens (tertiary/aromatic N) is 1. The van der Waals surface area contributed by atoms with Crippen LogP contribution in [0.15, 0.2) is 53.4 Å². The molecule has 0 fully saturated rings. The van der Waals surface area contributed by atoms with E-state index < -0.39 is 37.4 Å². The van der Waals surface area contributed by atoms with E-state index in [0.717, 1.165) is 42.5 Å². The third-order valence-corrected chi connectivity index (χ3v) is 3.96. The third kappa shape index (κ3) is 3.97. The van der Waals surface area contributed by atoms with Crippen molar-refractivity contribution in [2.75, 3.05) is 0 Å². The maximum absolute atomic E-state index is 12.6. The summed E-state index contributed by atoms with van der Waals surface area (Å²) in [6.45, 7) is 0. The molecule has 0 aliphatic rings. The zero-order valence-electron chi connectivity index (χ0n) is 11.1. The topological polar surface area (TPSA) is 86.5 Å². The molecule has 2 aromatic rings. The zero-order valence-corrected chi connectivity index (χ0v) is 12.0. The molecule has 0 heterocycles. The monoisotopic (exact) mass is 347 g/mol. The minimum absolute atomic E-state index is 0.331. The molecule has 0 aromatic heterocycles. The highest BCUT2D eigenvalue weighted by molar-refractivity contribution is 7.87. The number of non-ortho nitro benzene ring substituents is 1.